The van der Waals surface area contributed by atoms with E-state index in [9.17, 15) is 4.39 Å². The standard InChI is InChI=1S/C15H22FNO/c1-3-9-17-13(11-7-8-11)10-12-5-4-6-14(18-2)15(12)16/h4-6,11,13,17H,3,7-10H2,1-2H3. The molecule has 0 radical (unpaired) electrons. The van der Waals surface area contributed by atoms with Gasteiger partial charge in [-0.15, -0.1) is 0 Å². The zero-order valence-electron chi connectivity index (χ0n) is 11.2. The maximum Gasteiger partial charge on any atom is 0.168 e. The molecule has 0 heterocycles. The number of rotatable bonds is 7. The maximum atomic E-state index is 14.1. The van der Waals surface area contributed by atoms with E-state index in [1.165, 1.54) is 20.0 Å². The molecule has 1 aliphatic carbocycles. The van der Waals surface area contributed by atoms with Crippen molar-refractivity contribution in [3.05, 3.63) is 29.6 Å². The Kier molecular flexibility index (Phi) is 4.59. The van der Waals surface area contributed by atoms with Gasteiger partial charge in [0.1, 0.15) is 0 Å². The minimum absolute atomic E-state index is 0.205. The molecule has 1 aromatic rings. The first-order valence-corrected chi connectivity index (χ1v) is 6.81. The predicted molar refractivity (Wildman–Crippen MR) is 71.5 cm³/mol. The number of halogens is 1. The summed E-state index contributed by atoms with van der Waals surface area (Å²) >= 11 is 0. The van der Waals surface area contributed by atoms with Crippen molar-refractivity contribution >= 4 is 0 Å². The Morgan fingerprint density at radius 1 is 1.44 bits per heavy atom. The summed E-state index contributed by atoms with van der Waals surface area (Å²) in [5.41, 5.74) is 0.759. The molecule has 0 bridgehead atoms. The lowest BCUT2D eigenvalue weighted by atomic mass is 10.0. The second-order valence-electron chi connectivity index (χ2n) is 5.04. The van der Waals surface area contributed by atoms with E-state index in [1.807, 2.05) is 12.1 Å². The lowest BCUT2D eigenvalue weighted by Gasteiger charge is -2.18. The Morgan fingerprint density at radius 2 is 2.22 bits per heavy atom. The Morgan fingerprint density at radius 3 is 2.83 bits per heavy atom. The molecule has 2 nitrogen and oxygen atoms in total. The van der Waals surface area contributed by atoms with Crippen LogP contribution in [-0.4, -0.2) is 19.7 Å². The van der Waals surface area contributed by atoms with Crippen molar-refractivity contribution < 1.29 is 9.13 Å². The highest BCUT2D eigenvalue weighted by atomic mass is 19.1. The van der Waals surface area contributed by atoms with Crippen molar-refractivity contribution in [3.63, 3.8) is 0 Å². The summed E-state index contributed by atoms with van der Waals surface area (Å²) in [6.07, 6.45) is 4.41. The number of hydrogen-bond donors (Lipinski definition) is 1. The summed E-state index contributed by atoms with van der Waals surface area (Å²) < 4.78 is 19.1. The number of hydrogen-bond acceptors (Lipinski definition) is 2. The molecular weight excluding hydrogens is 229 g/mol. The van der Waals surface area contributed by atoms with E-state index in [0.29, 0.717) is 11.8 Å². The Bertz CT molecular complexity index is 390. The molecule has 0 saturated heterocycles. The van der Waals surface area contributed by atoms with E-state index in [0.717, 1.165) is 30.9 Å². The molecular formula is C15H22FNO. The fourth-order valence-electron chi connectivity index (χ4n) is 2.34. The van der Waals surface area contributed by atoms with Crippen molar-refractivity contribution in [3.8, 4) is 5.75 Å². The van der Waals surface area contributed by atoms with Gasteiger partial charge >= 0.3 is 0 Å². The Hall–Kier alpha value is -1.09. The molecule has 0 aliphatic heterocycles. The molecule has 0 aromatic heterocycles. The summed E-state index contributed by atoms with van der Waals surface area (Å²) in [5, 5.41) is 3.54. The van der Waals surface area contributed by atoms with Gasteiger partial charge in [0.25, 0.3) is 0 Å². The van der Waals surface area contributed by atoms with Gasteiger partial charge in [0.05, 0.1) is 7.11 Å². The number of ether oxygens (including phenoxy) is 1. The van der Waals surface area contributed by atoms with Crippen LogP contribution in [0.1, 0.15) is 31.7 Å². The molecule has 3 heteroatoms. The molecule has 0 spiro atoms. The molecule has 1 saturated carbocycles. The first kappa shape index (κ1) is 13.3. The van der Waals surface area contributed by atoms with Crippen LogP contribution in [0.4, 0.5) is 4.39 Å². The smallest absolute Gasteiger partial charge is 0.168 e. The van der Waals surface area contributed by atoms with E-state index in [2.05, 4.69) is 12.2 Å². The first-order chi connectivity index (χ1) is 8.76. The van der Waals surface area contributed by atoms with E-state index in [-0.39, 0.29) is 5.82 Å². The van der Waals surface area contributed by atoms with Crippen LogP contribution >= 0.6 is 0 Å². The summed E-state index contributed by atoms with van der Waals surface area (Å²) in [6.45, 7) is 3.16. The fourth-order valence-corrected chi connectivity index (χ4v) is 2.34. The third-order valence-corrected chi connectivity index (χ3v) is 3.55. The second kappa shape index (κ2) is 6.19. The normalized spacial score (nSPS) is 16.6. The monoisotopic (exact) mass is 251 g/mol. The third kappa shape index (κ3) is 3.22. The summed E-state index contributed by atoms with van der Waals surface area (Å²) in [6, 6.07) is 5.80. The van der Waals surface area contributed by atoms with Crippen LogP contribution < -0.4 is 10.1 Å². The van der Waals surface area contributed by atoms with Gasteiger partial charge in [-0.2, -0.15) is 0 Å². The largest absolute Gasteiger partial charge is 0.494 e. The van der Waals surface area contributed by atoms with Gasteiger partial charge < -0.3 is 10.1 Å². The summed E-state index contributed by atoms with van der Waals surface area (Å²) in [4.78, 5) is 0. The highest BCUT2D eigenvalue weighted by Gasteiger charge is 2.31. The SMILES string of the molecule is CCCNC(Cc1cccc(OC)c1F)C1CC1. The molecule has 1 atom stereocenters. The van der Waals surface area contributed by atoms with Crippen molar-refractivity contribution in [1.29, 1.82) is 0 Å². The number of nitrogens with one attached hydrogen (secondary N) is 1. The molecule has 2 rings (SSSR count). The van der Waals surface area contributed by atoms with Gasteiger partial charge in [-0.3, -0.25) is 0 Å². The zero-order chi connectivity index (χ0) is 13.0. The van der Waals surface area contributed by atoms with Crippen molar-refractivity contribution in [1.82, 2.24) is 5.32 Å². The summed E-state index contributed by atoms with van der Waals surface area (Å²) in [7, 11) is 1.51. The topological polar surface area (TPSA) is 21.3 Å². The third-order valence-electron chi connectivity index (χ3n) is 3.55. The molecule has 1 unspecified atom stereocenters. The molecule has 18 heavy (non-hydrogen) atoms. The van der Waals surface area contributed by atoms with Crippen molar-refractivity contribution in [2.45, 2.75) is 38.6 Å². The van der Waals surface area contributed by atoms with Crippen LogP contribution in [0.25, 0.3) is 0 Å². The van der Waals surface area contributed by atoms with Gasteiger partial charge in [-0.05, 0) is 49.8 Å². The van der Waals surface area contributed by atoms with Crippen LogP contribution in [-0.2, 0) is 6.42 Å². The van der Waals surface area contributed by atoms with Gasteiger partial charge in [0.2, 0.25) is 0 Å². The maximum absolute atomic E-state index is 14.1. The van der Waals surface area contributed by atoms with Gasteiger partial charge in [0.15, 0.2) is 11.6 Å². The highest BCUT2D eigenvalue weighted by molar-refractivity contribution is 5.31. The van der Waals surface area contributed by atoms with Crippen LogP contribution in [0.15, 0.2) is 18.2 Å². The molecule has 1 aromatic carbocycles. The fraction of sp³-hybridized carbons (Fsp3) is 0.600. The first-order valence-electron chi connectivity index (χ1n) is 6.81. The highest BCUT2D eigenvalue weighted by Crippen LogP contribution is 2.35. The van der Waals surface area contributed by atoms with Gasteiger partial charge in [-0.1, -0.05) is 19.1 Å². The minimum Gasteiger partial charge on any atom is -0.494 e. The van der Waals surface area contributed by atoms with Crippen LogP contribution in [0, 0.1) is 11.7 Å². The molecule has 1 fully saturated rings. The van der Waals surface area contributed by atoms with E-state index < -0.39 is 0 Å². The Labute approximate surface area is 109 Å². The number of methoxy groups -OCH3 is 1. The van der Waals surface area contributed by atoms with E-state index in [1.54, 1.807) is 6.07 Å². The van der Waals surface area contributed by atoms with Crippen molar-refractivity contribution in [2.75, 3.05) is 13.7 Å². The minimum atomic E-state index is -0.205. The van der Waals surface area contributed by atoms with Crippen LogP contribution in [0.2, 0.25) is 0 Å². The van der Waals surface area contributed by atoms with E-state index >= 15 is 0 Å². The number of benzene rings is 1. The quantitative estimate of drug-likeness (QED) is 0.803. The van der Waals surface area contributed by atoms with E-state index in [4.69, 9.17) is 4.74 Å². The molecule has 0 amide bonds. The van der Waals surface area contributed by atoms with Gasteiger partial charge in [0, 0.05) is 6.04 Å². The summed E-state index contributed by atoms with van der Waals surface area (Å²) in [5.74, 6) is 0.864. The lowest BCUT2D eigenvalue weighted by Crippen LogP contribution is -2.34. The average molecular weight is 251 g/mol. The van der Waals surface area contributed by atoms with Crippen LogP contribution in [0.3, 0.4) is 0 Å². The molecule has 100 valence electrons. The second-order valence-corrected chi connectivity index (χ2v) is 5.04. The van der Waals surface area contributed by atoms with Crippen LogP contribution in [0.5, 0.6) is 5.75 Å². The molecule has 1 N–H and O–H groups in total. The Balaban J connectivity index is 2.06. The van der Waals surface area contributed by atoms with Crippen molar-refractivity contribution in [2.24, 2.45) is 5.92 Å². The predicted octanol–water partition coefficient (Wildman–Crippen LogP) is 3.16. The van der Waals surface area contributed by atoms with Gasteiger partial charge in [-0.25, -0.2) is 4.39 Å². The lowest BCUT2D eigenvalue weighted by molar-refractivity contribution is 0.380. The molecule has 1 aliphatic rings. The zero-order valence-corrected chi connectivity index (χ0v) is 11.2. The average Bonchev–Trinajstić information content (AvgIpc) is 3.20.